The lowest BCUT2D eigenvalue weighted by Gasteiger charge is -2.07. The zero-order chi connectivity index (χ0) is 16.5. The zero-order valence-corrected chi connectivity index (χ0v) is 12.8. The second-order valence-corrected chi connectivity index (χ2v) is 4.96. The summed E-state index contributed by atoms with van der Waals surface area (Å²) < 4.78 is 0. The van der Waals surface area contributed by atoms with Crippen molar-refractivity contribution in [2.45, 2.75) is 19.8 Å². The lowest BCUT2D eigenvalue weighted by molar-refractivity contribution is -0.137. The van der Waals surface area contributed by atoms with Crippen molar-refractivity contribution in [2.75, 3.05) is 11.9 Å². The van der Waals surface area contributed by atoms with Gasteiger partial charge in [-0.15, -0.1) is 0 Å². The van der Waals surface area contributed by atoms with Crippen LogP contribution in [0.25, 0.3) is 0 Å². The number of aliphatic carboxylic acids is 1. The first-order chi connectivity index (χ1) is 10.4. The molecule has 0 aromatic heterocycles. The third kappa shape index (κ3) is 5.85. The molecular formula is C15H16ClN3O3. The molecule has 0 saturated heterocycles. The van der Waals surface area contributed by atoms with Gasteiger partial charge >= 0.3 is 5.97 Å². The second-order valence-electron chi connectivity index (χ2n) is 4.53. The Labute approximate surface area is 133 Å². The molecule has 0 atom stereocenters. The molecule has 0 bridgehead atoms. The molecule has 0 radical (unpaired) electrons. The van der Waals surface area contributed by atoms with Crippen LogP contribution in [0.1, 0.15) is 18.4 Å². The molecule has 0 aliphatic heterocycles. The van der Waals surface area contributed by atoms with Gasteiger partial charge in [0.2, 0.25) is 0 Å². The Morgan fingerprint density at radius 3 is 2.77 bits per heavy atom. The van der Waals surface area contributed by atoms with Gasteiger partial charge in [0.05, 0.1) is 0 Å². The fourth-order valence-corrected chi connectivity index (χ4v) is 1.85. The van der Waals surface area contributed by atoms with Gasteiger partial charge in [0, 0.05) is 29.9 Å². The highest BCUT2D eigenvalue weighted by Crippen LogP contribution is 2.19. The van der Waals surface area contributed by atoms with E-state index in [1.54, 1.807) is 24.3 Å². The number of halogens is 1. The number of carboxylic acid groups (broad SMARTS) is 1. The number of hydrogen-bond acceptors (Lipinski definition) is 4. The van der Waals surface area contributed by atoms with Crippen LogP contribution in [0.15, 0.2) is 30.0 Å². The average Bonchev–Trinajstić information content (AvgIpc) is 2.46. The molecule has 3 N–H and O–H groups in total. The van der Waals surface area contributed by atoms with E-state index >= 15 is 0 Å². The third-order valence-electron chi connectivity index (χ3n) is 2.78. The van der Waals surface area contributed by atoms with Crippen molar-refractivity contribution in [1.82, 2.24) is 5.32 Å². The summed E-state index contributed by atoms with van der Waals surface area (Å²) in [6.45, 7) is 2.05. The van der Waals surface area contributed by atoms with Crippen LogP contribution in [-0.4, -0.2) is 23.5 Å². The fourth-order valence-electron chi connectivity index (χ4n) is 1.62. The molecule has 1 rings (SSSR count). The van der Waals surface area contributed by atoms with Crippen molar-refractivity contribution >= 4 is 29.2 Å². The molecule has 116 valence electrons. The minimum atomic E-state index is -0.926. The van der Waals surface area contributed by atoms with E-state index in [2.05, 4.69) is 10.6 Å². The summed E-state index contributed by atoms with van der Waals surface area (Å²) in [4.78, 5) is 22.1. The summed E-state index contributed by atoms with van der Waals surface area (Å²) in [6, 6.07) is 7.00. The lowest BCUT2D eigenvalue weighted by Crippen LogP contribution is -2.26. The largest absolute Gasteiger partial charge is 0.481 e. The molecule has 1 amide bonds. The van der Waals surface area contributed by atoms with Gasteiger partial charge in [-0.3, -0.25) is 9.59 Å². The van der Waals surface area contributed by atoms with E-state index in [0.29, 0.717) is 11.4 Å². The van der Waals surface area contributed by atoms with Gasteiger partial charge in [-0.1, -0.05) is 11.6 Å². The van der Waals surface area contributed by atoms with E-state index in [9.17, 15) is 9.59 Å². The molecule has 0 heterocycles. The Balaban J connectivity index is 2.60. The predicted octanol–water partition coefficient (Wildman–Crippen LogP) is 2.45. The number of aryl methyl sites for hydroxylation is 1. The number of anilines is 1. The summed E-state index contributed by atoms with van der Waals surface area (Å²) in [7, 11) is 0. The van der Waals surface area contributed by atoms with Gasteiger partial charge in [-0.2, -0.15) is 5.26 Å². The van der Waals surface area contributed by atoms with Crippen molar-refractivity contribution in [3.8, 4) is 6.07 Å². The monoisotopic (exact) mass is 321 g/mol. The van der Waals surface area contributed by atoms with Crippen LogP contribution in [-0.2, 0) is 9.59 Å². The maximum atomic E-state index is 11.8. The molecule has 6 nitrogen and oxygen atoms in total. The normalized spacial score (nSPS) is 10.7. The van der Waals surface area contributed by atoms with Crippen LogP contribution in [0.3, 0.4) is 0 Å². The molecule has 0 unspecified atom stereocenters. The van der Waals surface area contributed by atoms with Gasteiger partial charge in [-0.05, 0) is 37.1 Å². The minimum Gasteiger partial charge on any atom is -0.481 e. The highest BCUT2D eigenvalue weighted by Gasteiger charge is 2.08. The highest BCUT2D eigenvalue weighted by atomic mass is 35.5. The van der Waals surface area contributed by atoms with E-state index in [4.69, 9.17) is 22.0 Å². The molecule has 0 spiro atoms. The van der Waals surface area contributed by atoms with E-state index < -0.39 is 11.9 Å². The molecule has 22 heavy (non-hydrogen) atoms. The number of nitriles is 1. The van der Waals surface area contributed by atoms with Crippen LogP contribution in [0, 0.1) is 18.3 Å². The first-order valence-corrected chi connectivity index (χ1v) is 6.94. The van der Waals surface area contributed by atoms with Crippen molar-refractivity contribution in [1.29, 1.82) is 5.26 Å². The smallest absolute Gasteiger partial charge is 0.303 e. The number of nitrogens with one attached hydrogen (secondary N) is 2. The number of carboxylic acids is 1. The molecule has 0 fully saturated rings. The summed E-state index contributed by atoms with van der Waals surface area (Å²) in [5.74, 6) is -1.47. The third-order valence-corrected chi connectivity index (χ3v) is 3.01. The lowest BCUT2D eigenvalue weighted by atomic mass is 10.2. The maximum Gasteiger partial charge on any atom is 0.303 e. The van der Waals surface area contributed by atoms with Crippen LogP contribution in [0.5, 0.6) is 0 Å². The van der Waals surface area contributed by atoms with Crippen molar-refractivity contribution in [3.63, 3.8) is 0 Å². The quantitative estimate of drug-likeness (QED) is 0.406. The van der Waals surface area contributed by atoms with Gasteiger partial charge in [-0.25, -0.2) is 0 Å². The Morgan fingerprint density at radius 1 is 1.45 bits per heavy atom. The van der Waals surface area contributed by atoms with Gasteiger partial charge < -0.3 is 15.7 Å². The van der Waals surface area contributed by atoms with Gasteiger partial charge in [0.15, 0.2) is 0 Å². The number of carbonyl (C=O) groups is 2. The summed E-state index contributed by atoms with van der Waals surface area (Å²) in [6.07, 6.45) is 1.58. The first kappa shape index (κ1) is 17.5. The Morgan fingerprint density at radius 2 is 2.18 bits per heavy atom. The zero-order valence-electron chi connectivity index (χ0n) is 12.0. The number of carbonyl (C=O) groups excluding carboxylic acids is 1. The van der Waals surface area contributed by atoms with E-state index in [0.717, 1.165) is 11.3 Å². The second kappa shape index (κ2) is 8.70. The fraction of sp³-hybridized carbons (Fsp3) is 0.267. The number of benzene rings is 1. The SMILES string of the molecule is Cc1cc(Cl)ccc1N/C=C(/C#N)C(=O)NCCCC(=O)O. The highest BCUT2D eigenvalue weighted by molar-refractivity contribution is 6.30. The van der Waals surface area contributed by atoms with E-state index in [-0.39, 0.29) is 18.5 Å². The Hall–Kier alpha value is -2.52. The van der Waals surface area contributed by atoms with Crippen LogP contribution < -0.4 is 10.6 Å². The molecule has 0 aliphatic rings. The maximum absolute atomic E-state index is 11.8. The number of nitrogens with zero attached hydrogens (tertiary/aromatic N) is 1. The molecule has 7 heteroatoms. The minimum absolute atomic E-state index is 0.0336. The summed E-state index contributed by atoms with van der Waals surface area (Å²) in [5.41, 5.74) is 1.52. The van der Waals surface area contributed by atoms with Gasteiger partial charge in [0.1, 0.15) is 11.6 Å². The van der Waals surface area contributed by atoms with Crippen molar-refractivity contribution < 1.29 is 14.7 Å². The molecule has 1 aromatic carbocycles. The molecule has 1 aromatic rings. The Bertz CT molecular complexity index is 635. The van der Waals surface area contributed by atoms with Crippen LogP contribution in [0.4, 0.5) is 5.69 Å². The number of rotatable bonds is 7. The van der Waals surface area contributed by atoms with Crippen molar-refractivity contribution in [2.24, 2.45) is 0 Å². The molecular weight excluding hydrogens is 306 g/mol. The molecule has 0 aliphatic carbocycles. The van der Waals surface area contributed by atoms with Gasteiger partial charge in [0.25, 0.3) is 5.91 Å². The van der Waals surface area contributed by atoms with E-state index in [1.165, 1.54) is 6.20 Å². The Kier molecular flexibility index (Phi) is 6.93. The average molecular weight is 322 g/mol. The number of amides is 1. The van der Waals surface area contributed by atoms with Crippen LogP contribution >= 0.6 is 11.6 Å². The topological polar surface area (TPSA) is 102 Å². The molecule has 0 saturated carbocycles. The first-order valence-electron chi connectivity index (χ1n) is 6.57. The standard InChI is InChI=1S/C15H16ClN3O3/c1-10-7-12(16)4-5-13(10)19-9-11(8-17)15(22)18-6-2-3-14(20)21/h4-5,7,9,19H,2-3,6H2,1H3,(H,18,22)(H,20,21)/b11-9-. The van der Waals surface area contributed by atoms with E-state index in [1.807, 2.05) is 6.92 Å². The van der Waals surface area contributed by atoms with Crippen LogP contribution in [0.2, 0.25) is 5.02 Å². The van der Waals surface area contributed by atoms with Crippen molar-refractivity contribution in [3.05, 3.63) is 40.6 Å². The summed E-state index contributed by atoms with van der Waals surface area (Å²) >= 11 is 5.85. The predicted molar refractivity (Wildman–Crippen MR) is 83.4 cm³/mol. The summed E-state index contributed by atoms with van der Waals surface area (Å²) in [5, 5.41) is 23.5. The number of hydrogen-bond donors (Lipinski definition) is 3.